The lowest BCUT2D eigenvalue weighted by Gasteiger charge is -2.31. The highest BCUT2D eigenvalue weighted by molar-refractivity contribution is 9.10. The smallest absolute Gasteiger partial charge is 0.129 e. The molecule has 0 spiro atoms. The first-order chi connectivity index (χ1) is 9.13. The summed E-state index contributed by atoms with van der Waals surface area (Å²) in [4.78, 5) is 0. The third-order valence-corrected chi connectivity index (χ3v) is 5.12. The van der Waals surface area contributed by atoms with Crippen LogP contribution in [0.25, 0.3) is 0 Å². The Kier molecular flexibility index (Phi) is 5.67. The minimum atomic E-state index is -0.173. The molecule has 0 amide bonds. The quantitative estimate of drug-likeness (QED) is 0.711. The van der Waals surface area contributed by atoms with Crippen LogP contribution < -0.4 is 5.32 Å². The topological polar surface area (TPSA) is 12.0 Å². The Morgan fingerprint density at radius 2 is 2.05 bits per heavy atom. The van der Waals surface area contributed by atoms with E-state index < -0.39 is 0 Å². The Hall–Kier alpha value is -0.120. The molecule has 0 aromatic heterocycles. The van der Waals surface area contributed by atoms with E-state index in [0.29, 0.717) is 21.0 Å². The fourth-order valence-electron chi connectivity index (χ4n) is 2.99. The number of rotatable bonds is 4. The third kappa shape index (κ3) is 3.71. The maximum atomic E-state index is 14.2. The largest absolute Gasteiger partial charge is 0.310 e. The molecular formula is C15H20BrClFN. The Morgan fingerprint density at radius 1 is 1.37 bits per heavy atom. The van der Waals surface area contributed by atoms with Gasteiger partial charge in [0.1, 0.15) is 5.82 Å². The predicted octanol–water partition coefficient (Wildman–Crippen LogP) is 5.47. The van der Waals surface area contributed by atoms with Crippen LogP contribution >= 0.6 is 27.5 Å². The van der Waals surface area contributed by atoms with Gasteiger partial charge in [-0.2, -0.15) is 0 Å². The van der Waals surface area contributed by atoms with Gasteiger partial charge < -0.3 is 5.32 Å². The summed E-state index contributed by atoms with van der Waals surface area (Å²) in [5.41, 5.74) is 0.710. The highest BCUT2D eigenvalue weighted by Crippen LogP contribution is 2.37. The van der Waals surface area contributed by atoms with Crippen molar-refractivity contribution >= 4 is 27.5 Å². The molecule has 0 bridgehead atoms. The second-order valence-electron chi connectivity index (χ2n) is 5.22. The molecule has 1 atom stereocenters. The fourth-order valence-corrected chi connectivity index (χ4v) is 3.48. The van der Waals surface area contributed by atoms with Gasteiger partial charge in [-0.15, -0.1) is 0 Å². The van der Waals surface area contributed by atoms with Crippen LogP contribution in [0.2, 0.25) is 5.02 Å². The van der Waals surface area contributed by atoms with Gasteiger partial charge in [0.15, 0.2) is 0 Å². The molecule has 1 aliphatic rings. The van der Waals surface area contributed by atoms with Crippen molar-refractivity contribution in [1.82, 2.24) is 5.32 Å². The van der Waals surface area contributed by atoms with E-state index in [4.69, 9.17) is 11.6 Å². The third-order valence-electron chi connectivity index (χ3n) is 3.92. The van der Waals surface area contributed by atoms with E-state index in [0.717, 1.165) is 6.54 Å². The molecule has 0 saturated heterocycles. The molecule has 4 heteroatoms. The monoisotopic (exact) mass is 347 g/mol. The van der Waals surface area contributed by atoms with Gasteiger partial charge in [0.05, 0.1) is 5.02 Å². The van der Waals surface area contributed by atoms with Crippen molar-refractivity contribution in [3.05, 3.63) is 33.0 Å². The normalized spacial score (nSPS) is 18.5. The number of nitrogens with one attached hydrogen (secondary N) is 1. The van der Waals surface area contributed by atoms with E-state index in [9.17, 15) is 4.39 Å². The van der Waals surface area contributed by atoms with Gasteiger partial charge >= 0.3 is 0 Å². The van der Waals surface area contributed by atoms with Crippen molar-refractivity contribution < 1.29 is 4.39 Å². The Morgan fingerprint density at radius 3 is 2.68 bits per heavy atom. The Labute approximate surface area is 128 Å². The summed E-state index contributed by atoms with van der Waals surface area (Å²) < 4.78 is 14.8. The Balaban J connectivity index is 2.29. The lowest BCUT2D eigenvalue weighted by Crippen LogP contribution is -2.30. The summed E-state index contributed by atoms with van der Waals surface area (Å²) in [5.74, 6) is 0.341. The minimum Gasteiger partial charge on any atom is -0.310 e. The highest BCUT2D eigenvalue weighted by atomic mass is 79.9. The average molecular weight is 349 g/mol. The van der Waals surface area contributed by atoms with Crippen molar-refractivity contribution in [2.75, 3.05) is 6.54 Å². The summed E-state index contributed by atoms with van der Waals surface area (Å²) in [6.07, 6.45) is 6.14. The lowest BCUT2D eigenvalue weighted by molar-refractivity contribution is 0.269. The van der Waals surface area contributed by atoms with E-state index in [2.05, 4.69) is 28.2 Å². The molecule has 1 aromatic rings. The van der Waals surface area contributed by atoms with E-state index >= 15 is 0 Å². The second-order valence-corrected chi connectivity index (χ2v) is 6.48. The van der Waals surface area contributed by atoms with Gasteiger partial charge in [0.25, 0.3) is 0 Å². The molecule has 1 unspecified atom stereocenters. The van der Waals surface area contributed by atoms with Crippen molar-refractivity contribution in [3.8, 4) is 0 Å². The maximum absolute atomic E-state index is 14.2. The highest BCUT2D eigenvalue weighted by Gasteiger charge is 2.27. The maximum Gasteiger partial charge on any atom is 0.129 e. The van der Waals surface area contributed by atoms with Gasteiger partial charge in [0.2, 0.25) is 0 Å². The zero-order valence-corrected chi connectivity index (χ0v) is 13.5. The van der Waals surface area contributed by atoms with Crippen LogP contribution in [0.5, 0.6) is 0 Å². The molecule has 2 rings (SSSR count). The summed E-state index contributed by atoms with van der Waals surface area (Å²) in [5, 5.41) is 4.02. The summed E-state index contributed by atoms with van der Waals surface area (Å²) >= 11 is 9.40. The van der Waals surface area contributed by atoms with Crippen molar-refractivity contribution in [1.29, 1.82) is 0 Å². The first-order valence-corrected chi connectivity index (χ1v) is 8.18. The minimum absolute atomic E-state index is 0.0795. The van der Waals surface area contributed by atoms with Crippen molar-refractivity contribution in [3.63, 3.8) is 0 Å². The molecule has 0 aliphatic heterocycles. The zero-order valence-electron chi connectivity index (χ0n) is 11.2. The van der Waals surface area contributed by atoms with E-state index in [1.54, 1.807) is 6.07 Å². The summed E-state index contributed by atoms with van der Waals surface area (Å²) in [6.45, 7) is 2.91. The molecule has 19 heavy (non-hydrogen) atoms. The van der Waals surface area contributed by atoms with Crippen LogP contribution in [-0.2, 0) is 0 Å². The van der Waals surface area contributed by atoms with E-state index in [1.165, 1.54) is 38.2 Å². The second kappa shape index (κ2) is 7.05. The average Bonchev–Trinajstić information content (AvgIpc) is 2.42. The summed E-state index contributed by atoms with van der Waals surface area (Å²) in [6, 6.07) is 3.32. The molecule has 1 aromatic carbocycles. The standard InChI is InChI=1S/C15H20BrClFN/c1-2-19-15(10-6-4-3-5-7-10)11-8-13(17)12(16)9-14(11)18/h8-10,15,19H,2-7H2,1H3. The first kappa shape index (κ1) is 15.3. The van der Waals surface area contributed by atoms with Gasteiger partial charge in [-0.1, -0.05) is 37.8 Å². The van der Waals surface area contributed by atoms with Gasteiger partial charge in [0, 0.05) is 16.1 Å². The fraction of sp³-hybridized carbons (Fsp3) is 0.600. The molecule has 1 fully saturated rings. The molecule has 0 radical (unpaired) electrons. The molecular weight excluding hydrogens is 329 g/mol. The lowest BCUT2D eigenvalue weighted by atomic mass is 9.81. The number of hydrogen-bond donors (Lipinski definition) is 1. The van der Waals surface area contributed by atoms with E-state index in [1.807, 2.05) is 0 Å². The molecule has 1 saturated carbocycles. The van der Waals surface area contributed by atoms with Crippen LogP contribution in [0, 0.1) is 11.7 Å². The van der Waals surface area contributed by atoms with Crippen molar-refractivity contribution in [2.45, 2.75) is 45.1 Å². The number of halogens is 3. The molecule has 1 nitrogen and oxygen atoms in total. The van der Waals surface area contributed by atoms with Gasteiger partial charge in [-0.3, -0.25) is 0 Å². The van der Waals surface area contributed by atoms with Crippen LogP contribution in [0.3, 0.4) is 0 Å². The number of benzene rings is 1. The van der Waals surface area contributed by atoms with Crippen LogP contribution in [0.15, 0.2) is 16.6 Å². The van der Waals surface area contributed by atoms with Crippen LogP contribution in [-0.4, -0.2) is 6.54 Å². The Bertz CT molecular complexity index is 432. The predicted molar refractivity (Wildman–Crippen MR) is 82.1 cm³/mol. The van der Waals surface area contributed by atoms with Crippen LogP contribution in [0.1, 0.15) is 50.6 Å². The molecule has 106 valence electrons. The van der Waals surface area contributed by atoms with Crippen LogP contribution in [0.4, 0.5) is 4.39 Å². The van der Waals surface area contributed by atoms with Crippen molar-refractivity contribution in [2.24, 2.45) is 5.92 Å². The SMILES string of the molecule is CCNC(c1cc(Cl)c(Br)cc1F)C1CCCCC1. The molecule has 1 N–H and O–H groups in total. The number of hydrogen-bond acceptors (Lipinski definition) is 1. The van der Waals surface area contributed by atoms with Gasteiger partial charge in [-0.25, -0.2) is 4.39 Å². The molecule has 1 aliphatic carbocycles. The molecule has 0 heterocycles. The zero-order chi connectivity index (χ0) is 13.8. The van der Waals surface area contributed by atoms with Gasteiger partial charge in [-0.05, 0) is 53.4 Å². The van der Waals surface area contributed by atoms with E-state index in [-0.39, 0.29) is 11.9 Å². The summed E-state index contributed by atoms with van der Waals surface area (Å²) in [7, 11) is 0. The first-order valence-electron chi connectivity index (χ1n) is 7.01.